The average Bonchev–Trinajstić information content (AvgIpc) is 1.64. The number of carbonyl (C=O) groups is 1. The third-order valence-electron chi connectivity index (χ3n) is 0.909. The van der Waals surface area contributed by atoms with Crippen molar-refractivity contribution in [3.63, 3.8) is 0 Å². The smallest absolute Gasteiger partial charge is 0.226 e. The lowest BCUT2D eigenvalue weighted by Gasteiger charge is -2.15. The number of halogens is 1. The first kappa shape index (κ1) is 8.76. The fourth-order valence-electron chi connectivity index (χ4n) is 0.326. The van der Waals surface area contributed by atoms with Crippen molar-refractivity contribution < 1.29 is 4.79 Å². The van der Waals surface area contributed by atoms with Crippen molar-refractivity contribution in [1.29, 1.82) is 0 Å². The third kappa shape index (κ3) is 3.36. The maximum Gasteiger partial charge on any atom is 0.226 e. The monoisotopic (exact) mass is 149 g/mol. The van der Waals surface area contributed by atoms with E-state index in [4.69, 9.17) is 11.6 Å². The molecule has 0 spiro atoms. The van der Waals surface area contributed by atoms with Crippen molar-refractivity contribution in [2.45, 2.75) is 20.8 Å². The molecule has 0 aromatic heterocycles. The molecule has 3 heteroatoms. The van der Waals surface area contributed by atoms with Crippen LogP contribution in [0.1, 0.15) is 20.8 Å². The molecule has 1 amide bonds. The fourth-order valence-corrected chi connectivity index (χ4v) is 0.447. The van der Waals surface area contributed by atoms with Gasteiger partial charge in [-0.3, -0.25) is 4.79 Å². The van der Waals surface area contributed by atoms with Crippen molar-refractivity contribution in [2.75, 3.05) is 6.00 Å². The van der Waals surface area contributed by atoms with Gasteiger partial charge < -0.3 is 5.32 Å². The largest absolute Gasteiger partial charge is 0.342 e. The minimum Gasteiger partial charge on any atom is -0.342 e. The molecule has 0 bridgehead atoms. The molecule has 0 atom stereocenters. The molecule has 0 heterocycles. The lowest BCUT2D eigenvalue weighted by molar-refractivity contribution is -0.128. The van der Waals surface area contributed by atoms with Crippen LogP contribution in [-0.4, -0.2) is 11.9 Å². The summed E-state index contributed by atoms with van der Waals surface area (Å²) in [6.07, 6.45) is 0. The van der Waals surface area contributed by atoms with Crippen molar-refractivity contribution in [3.8, 4) is 0 Å². The number of carbonyl (C=O) groups excluding carboxylic acids is 1. The highest BCUT2D eigenvalue weighted by Crippen LogP contribution is 2.11. The summed E-state index contributed by atoms with van der Waals surface area (Å²) in [6.45, 7) is 5.53. The Kier molecular flexibility index (Phi) is 2.98. The highest BCUT2D eigenvalue weighted by atomic mass is 35.5. The van der Waals surface area contributed by atoms with E-state index in [1.54, 1.807) is 0 Å². The van der Waals surface area contributed by atoms with E-state index in [1.807, 2.05) is 20.8 Å². The lowest BCUT2D eigenvalue weighted by atomic mass is 9.96. The van der Waals surface area contributed by atoms with Crippen molar-refractivity contribution >= 4 is 17.5 Å². The molecule has 0 fully saturated rings. The number of amides is 1. The van der Waals surface area contributed by atoms with E-state index in [-0.39, 0.29) is 17.3 Å². The molecule has 0 saturated carbocycles. The lowest BCUT2D eigenvalue weighted by Crippen LogP contribution is -2.33. The molecule has 0 radical (unpaired) electrons. The van der Waals surface area contributed by atoms with Gasteiger partial charge in [0.15, 0.2) is 0 Å². The standard InChI is InChI=1S/C6H12ClNO/c1-6(2,3)5(9)8-4-7/h4H2,1-3H3,(H,8,9). The Balaban J connectivity index is 3.74. The summed E-state index contributed by atoms with van der Waals surface area (Å²) in [4.78, 5) is 10.9. The maximum absolute atomic E-state index is 10.9. The van der Waals surface area contributed by atoms with Crippen LogP contribution < -0.4 is 5.32 Å². The minimum atomic E-state index is -0.325. The number of hydrogen-bond acceptors (Lipinski definition) is 1. The molecule has 0 aliphatic rings. The first-order valence-electron chi connectivity index (χ1n) is 2.82. The normalized spacial score (nSPS) is 11.1. The number of alkyl halides is 1. The van der Waals surface area contributed by atoms with Crippen molar-refractivity contribution in [2.24, 2.45) is 5.41 Å². The number of rotatable bonds is 1. The number of nitrogens with one attached hydrogen (secondary N) is 1. The van der Waals surface area contributed by atoms with Gasteiger partial charge in [-0.05, 0) is 0 Å². The summed E-state index contributed by atoms with van der Waals surface area (Å²) >= 11 is 5.27. The summed E-state index contributed by atoms with van der Waals surface area (Å²) in [5, 5.41) is 2.51. The highest BCUT2D eigenvalue weighted by Gasteiger charge is 2.19. The summed E-state index contributed by atoms with van der Waals surface area (Å²) in [5.74, 6) is -0.0162. The van der Waals surface area contributed by atoms with Crippen LogP contribution in [0, 0.1) is 5.41 Å². The Labute approximate surface area is 60.6 Å². The zero-order valence-corrected chi connectivity index (χ0v) is 6.75. The van der Waals surface area contributed by atoms with Crippen LogP contribution in [0.5, 0.6) is 0 Å². The van der Waals surface area contributed by atoms with Gasteiger partial charge in [0.2, 0.25) is 5.91 Å². The second kappa shape index (κ2) is 3.06. The third-order valence-corrected chi connectivity index (χ3v) is 1.04. The van der Waals surface area contributed by atoms with Crippen LogP contribution in [-0.2, 0) is 4.79 Å². The van der Waals surface area contributed by atoms with Gasteiger partial charge in [0, 0.05) is 5.41 Å². The molecule has 2 nitrogen and oxygen atoms in total. The Morgan fingerprint density at radius 1 is 1.56 bits per heavy atom. The maximum atomic E-state index is 10.9. The average molecular weight is 150 g/mol. The molecule has 9 heavy (non-hydrogen) atoms. The van der Waals surface area contributed by atoms with Gasteiger partial charge in [-0.2, -0.15) is 0 Å². The Hall–Kier alpha value is -0.240. The summed E-state index contributed by atoms with van der Waals surface area (Å²) in [6, 6.07) is 0.191. The molecule has 0 saturated heterocycles. The Morgan fingerprint density at radius 2 is 2.00 bits per heavy atom. The minimum absolute atomic E-state index is 0.0162. The van der Waals surface area contributed by atoms with Crippen LogP contribution in [0.4, 0.5) is 0 Å². The molecular formula is C6H12ClNO. The van der Waals surface area contributed by atoms with E-state index in [1.165, 1.54) is 0 Å². The highest BCUT2D eigenvalue weighted by molar-refractivity contribution is 6.18. The van der Waals surface area contributed by atoms with Gasteiger partial charge >= 0.3 is 0 Å². The van der Waals surface area contributed by atoms with Gasteiger partial charge in [-0.1, -0.05) is 20.8 Å². The molecule has 0 aromatic rings. The topological polar surface area (TPSA) is 29.1 Å². The van der Waals surface area contributed by atoms with Gasteiger partial charge in [0.05, 0.1) is 6.00 Å². The summed E-state index contributed by atoms with van der Waals surface area (Å²) in [7, 11) is 0. The van der Waals surface area contributed by atoms with E-state index < -0.39 is 0 Å². The zero-order valence-electron chi connectivity index (χ0n) is 5.99. The SMILES string of the molecule is CC(C)(C)C(=O)NCCl. The van der Waals surface area contributed by atoms with Crippen LogP contribution >= 0.6 is 11.6 Å². The summed E-state index contributed by atoms with van der Waals surface area (Å²) < 4.78 is 0. The summed E-state index contributed by atoms with van der Waals surface area (Å²) in [5.41, 5.74) is -0.325. The van der Waals surface area contributed by atoms with Gasteiger partial charge in [0.1, 0.15) is 0 Å². The molecule has 54 valence electrons. The van der Waals surface area contributed by atoms with E-state index >= 15 is 0 Å². The molecule has 0 aliphatic heterocycles. The van der Waals surface area contributed by atoms with Gasteiger partial charge in [0.25, 0.3) is 0 Å². The van der Waals surface area contributed by atoms with Gasteiger partial charge in [-0.25, -0.2) is 0 Å². The molecular weight excluding hydrogens is 138 g/mol. The van der Waals surface area contributed by atoms with E-state index in [0.29, 0.717) is 0 Å². The van der Waals surface area contributed by atoms with E-state index in [0.717, 1.165) is 0 Å². The van der Waals surface area contributed by atoms with Crippen molar-refractivity contribution in [3.05, 3.63) is 0 Å². The van der Waals surface area contributed by atoms with Crippen LogP contribution in [0.25, 0.3) is 0 Å². The molecule has 0 aromatic carbocycles. The molecule has 1 N–H and O–H groups in total. The zero-order chi connectivity index (χ0) is 7.49. The van der Waals surface area contributed by atoms with E-state index in [9.17, 15) is 4.79 Å². The Morgan fingerprint density at radius 3 is 2.11 bits per heavy atom. The van der Waals surface area contributed by atoms with Crippen LogP contribution in [0.3, 0.4) is 0 Å². The fraction of sp³-hybridized carbons (Fsp3) is 0.833. The molecule has 0 aliphatic carbocycles. The van der Waals surface area contributed by atoms with E-state index in [2.05, 4.69) is 5.32 Å². The van der Waals surface area contributed by atoms with Crippen molar-refractivity contribution in [1.82, 2.24) is 5.32 Å². The van der Waals surface area contributed by atoms with Crippen LogP contribution in [0.15, 0.2) is 0 Å². The quantitative estimate of drug-likeness (QED) is 0.443. The predicted molar refractivity (Wildman–Crippen MR) is 38.3 cm³/mol. The van der Waals surface area contributed by atoms with Crippen LogP contribution in [0.2, 0.25) is 0 Å². The first-order chi connectivity index (χ1) is 3.98. The Bertz CT molecular complexity index is 106. The second-order valence-electron chi connectivity index (χ2n) is 2.89. The molecule has 0 rings (SSSR count). The second-order valence-corrected chi connectivity index (χ2v) is 3.16. The number of hydrogen-bond donors (Lipinski definition) is 1. The molecule has 0 unspecified atom stereocenters. The predicted octanol–water partition coefficient (Wildman–Crippen LogP) is 1.34. The first-order valence-corrected chi connectivity index (χ1v) is 3.36. The van der Waals surface area contributed by atoms with Gasteiger partial charge in [-0.15, -0.1) is 11.6 Å².